The van der Waals surface area contributed by atoms with Crippen molar-refractivity contribution >= 4 is 5.91 Å². The van der Waals surface area contributed by atoms with Gasteiger partial charge in [-0.15, -0.1) is 0 Å². The molecule has 1 aliphatic carbocycles. The summed E-state index contributed by atoms with van der Waals surface area (Å²) in [6.45, 7) is 4.11. The van der Waals surface area contributed by atoms with E-state index in [0.29, 0.717) is 31.9 Å². The van der Waals surface area contributed by atoms with Crippen LogP contribution in [0.2, 0.25) is 0 Å². The Morgan fingerprint density at radius 3 is 2.86 bits per heavy atom. The van der Waals surface area contributed by atoms with Gasteiger partial charge in [-0.1, -0.05) is 12.8 Å². The van der Waals surface area contributed by atoms with Gasteiger partial charge in [0.15, 0.2) is 0 Å². The van der Waals surface area contributed by atoms with Crippen LogP contribution in [-0.2, 0) is 11.3 Å². The number of ether oxygens (including phenoxy) is 1. The van der Waals surface area contributed by atoms with Gasteiger partial charge < -0.3 is 9.64 Å². The van der Waals surface area contributed by atoms with Gasteiger partial charge in [0.25, 0.3) is 11.5 Å². The molecule has 6 nitrogen and oxygen atoms in total. The number of aryl methyl sites for hydroxylation is 1. The fraction of sp³-hybridized carbons (Fsp3) is 0.667. The number of rotatable bonds is 2. The highest BCUT2D eigenvalue weighted by atomic mass is 16.5. The van der Waals surface area contributed by atoms with Crippen molar-refractivity contribution in [3.8, 4) is 0 Å². The fourth-order valence-corrected chi connectivity index (χ4v) is 3.29. The van der Waals surface area contributed by atoms with E-state index in [4.69, 9.17) is 4.74 Å². The molecule has 1 aromatic heterocycles. The van der Waals surface area contributed by atoms with Gasteiger partial charge in [-0.3, -0.25) is 9.59 Å². The summed E-state index contributed by atoms with van der Waals surface area (Å²) in [6, 6.07) is 2.93. The number of carbonyl (C=O) groups excluding carboxylic acids is 1. The average molecular weight is 291 g/mol. The number of nitrogens with zero attached hydrogens (tertiary/aromatic N) is 3. The highest BCUT2D eigenvalue weighted by Crippen LogP contribution is 2.36. The molecule has 1 amide bonds. The number of hydrogen-bond acceptors (Lipinski definition) is 4. The van der Waals surface area contributed by atoms with Crippen LogP contribution in [-0.4, -0.2) is 45.9 Å². The molecule has 114 valence electrons. The molecule has 21 heavy (non-hydrogen) atoms. The van der Waals surface area contributed by atoms with Crippen LogP contribution in [0.1, 0.15) is 43.1 Å². The molecule has 1 aliphatic heterocycles. The second kappa shape index (κ2) is 5.60. The normalized spacial score (nSPS) is 20.9. The van der Waals surface area contributed by atoms with Gasteiger partial charge in [-0.2, -0.15) is 5.10 Å². The fourth-order valence-electron chi connectivity index (χ4n) is 3.29. The Balaban J connectivity index is 1.80. The van der Waals surface area contributed by atoms with Crippen molar-refractivity contribution in [1.29, 1.82) is 0 Å². The van der Waals surface area contributed by atoms with Crippen LogP contribution in [0, 0.1) is 0 Å². The van der Waals surface area contributed by atoms with Crippen LogP contribution in [0.5, 0.6) is 0 Å². The Hall–Kier alpha value is -1.69. The van der Waals surface area contributed by atoms with E-state index in [1.165, 1.54) is 29.7 Å². The van der Waals surface area contributed by atoms with Crippen LogP contribution in [0.4, 0.5) is 0 Å². The maximum Gasteiger partial charge on any atom is 0.274 e. The van der Waals surface area contributed by atoms with E-state index in [9.17, 15) is 9.59 Å². The lowest BCUT2D eigenvalue weighted by Gasteiger charge is -2.40. The van der Waals surface area contributed by atoms with Crippen molar-refractivity contribution in [2.75, 3.05) is 19.7 Å². The van der Waals surface area contributed by atoms with Crippen molar-refractivity contribution in [1.82, 2.24) is 14.7 Å². The predicted octanol–water partition coefficient (Wildman–Crippen LogP) is 1.05. The smallest absolute Gasteiger partial charge is 0.274 e. The zero-order valence-corrected chi connectivity index (χ0v) is 12.4. The predicted molar refractivity (Wildman–Crippen MR) is 77.2 cm³/mol. The molecule has 3 rings (SSSR count). The lowest BCUT2D eigenvalue weighted by Crippen LogP contribution is -2.52. The van der Waals surface area contributed by atoms with Crippen molar-refractivity contribution < 1.29 is 9.53 Å². The van der Waals surface area contributed by atoms with Crippen LogP contribution >= 0.6 is 0 Å². The SMILES string of the molecule is CCn1nc(C(=O)N2CCOC3(CCCC3)C2)ccc1=O. The number of carbonyl (C=O) groups is 1. The quantitative estimate of drug-likeness (QED) is 0.817. The number of aromatic nitrogens is 2. The summed E-state index contributed by atoms with van der Waals surface area (Å²) in [6.07, 6.45) is 4.39. The molecule has 0 atom stereocenters. The summed E-state index contributed by atoms with van der Waals surface area (Å²) in [5, 5.41) is 4.15. The standard InChI is InChI=1S/C15H21N3O3/c1-2-18-13(19)6-5-12(16-18)14(20)17-9-10-21-15(11-17)7-3-4-8-15/h5-6H,2-4,7-11H2,1H3. The molecule has 0 radical (unpaired) electrons. The third-order valence-electron chi connectivity index (χ3n) is 4.44. The lowest BCUT2D eigenvalue weighted by atomic mass is 9.99. The zero-order chi connectivity index (χ0) is 14.9. The van der Waals surface area contributed by atoms with Gasteiger partial charge in [0, 0.05) is 19.2 Å². The summed E-state index contributed by atoms with van der Waals surface area (Å²) in [7, 11) is 0. The lowest BCUT2D eigenvalue weighted by molar-refractivity contribution is -0.0949. The maximum atomic E-state index is 12.6. The minimum atomic E-state index is -0.178. The molecule has 0 unspecified atom stereocenters. The maximum absolute atomic E-state index is 12.6. The second-order valence-electron chi connectivity index (χ2n) is 5.84. The molecule has 0 N–H and O–H groups in total. The summed E-state index contributed by atoms with van der Waals surface area (Å²) in [5.74, 6) is -0.105. The molecular weight excluding hydrogens is 270 g/mol. The van der Waals surface area contributed by atoms with Crippen LogP contribution in [0.3, 0.4) is 0 Å². The van der Waals surface area contributed by atoms with E-state index in [1.807, 2.05) is 11.8 Å². The number of amides is 1. The van der Waals surface area contributed by atoms with Gasteiger partial charge in [0.2, 0.25) is 0 Å². The highest BCUT2D eigenvalue weighted by Gasteiger charge is 2.40. The monoisotopic (exact) mass is 291 g/mol. The van der Waals surface area contributed by atoms with E-state index in [1.54, 1.807) is 0 Å². The second-order valence-corrected chi connectivity index (χ2v) is 5.84. The van der Waals surface area contributed by atoms with Crippen LogP contribution in [0.15, 0.2) is 16.9 Å². The topological polar surface area (TPSA) is 64.4 Å². The number of morpholine rings is 1. The zero-order valence-electron chi connectivity index (χ0n) is 12.4. The molecule has 2 aliphatic rings. The molecule has 1 aromatic rings. The first-order chi connectivity index (χ1) is 10.1. The number of hydrogen-bond donors (Lipinski definition) is 0. The Kier molecular flexibility index (Phi) is 3.80. The third kappa shape index (κ3) is 2.72. The largest absolute Gasteiger partial charge is 0.371 e. The Labute approximate surface area is 123 Å². The molecule has 1 spiro atoms. The van der Waals surface area contributed by atoms with Gasteiger partial charge in [0.1, 0.15) is 5.69 Å². The van der Waals surface area contributed by atoms with E-state index in [2.05, 4.69) is 5.10 Å². The third-order valence-corrected chi connectivity index (χ3v) is 4.44. The Bertz CT molecular complexity index is 590. The van der Waals surface area contributed by atoms with E-state index in [0.717, 1.165) is 12.8 Å². The van der Waals surface area contributed by atoms with Gasteiger partial charge in [0.05, 0.1) is 18.8 Å². The summed E-state index contributed by atoms with van der Waals surface area (Å²) >= 11 is 0. The minimum Gasteiger partial charge on any atom is -0.371 e. The Morgan fingerprint density at radius 1 is 1.38 bits per heavy atom. The van der Waals surface area contributed by atoms with E-state index in [-0.39, 0.29) is 17.1 Å². The van der Waals surface area contributed by atoms with Crippen LogP contribution in [0.25, 0.3) is 0 Å². The van der Waals surface area contributed by atoms with E-state index >= 15 is 0 Å². The Morgan fingerprint density at radius 2 is 2.14 bits per heavy atom. The van der Waals surface area contributed by atoms with Gasteiger partial charge in [-0.25, -0.2) is 4.68 Å². The minimum absolute atomic E-state index is 0.105. The molecule has 1 saturated heterocycles. The highest BCUT2D eigenvalue weighted by molar-refractivity contribution is 5.92. The molecule has 0 aromatic carbocycles. The molecule has 0 bridgehead atoms. The molecule has 1 saturated carbocycles. The van der Waals surface area contributed by atoms with Gasteiger partial charge in [-0.05, 0) is 25.8 Å². The van der Waals surface area contributed by atoms with Gasteiger partial charge >= 0.3 is 0 Å². The first-order valence-corrected chi connectivity index (χ1v) is 7.65. The first-order valence-electron chi connectivity index (χ1n) is 7.65. The first kappa shape index (κ1) is 14.3. The van der Waals surface area contributed by atoms with Crippen molar-refractivity contribution in [3.05, 3.63) is 28.2 Å². The van der Waals surface area contributed by atoms with Crippen LogP contribution < -0.4 is 5.56 Å². The van der Waals surface area contributed by atoms with Crippen molar-refractivity contribution in [2.45, 2.75) is 44.8 Å². The summed E-state index contributed by atoms with van der Waals surface area (Å²) in [5.41, 5.74) is 0.0161. The van der Waals surface area contributed by atoms with E-state index < -0.39 is 0 Å². The molecule has 2 fully saturated rings. The van der Waals surface area contributed by atoms with Crippen molar-refractivity contribution in [3.63, 3.8) is 0 Å². The summed E-state index contributed by atoms with van der Waals surface area (Å²) in [4.78, 5) is 26.0. The average Bonchev–Trinajstić information content (AvgIpc) is 2.95. The van der Waals surface area contributed by atoms with Crippen molar-refractivity contribution in [2.24, 2.45) is 0 Å². The molecular formula is C15H21N3O3. The summed E-state index contributed by atoms with van der Waals surface area (Å²) < 4.78 is 7.26. The molecule has 6 heteroatoms. The molecule has 2 heterocycles.